The van der Waals surface area contributed by atoms with E-state index in [1.807, 2.05) is 43.3 Å². The van der Waals surface area contributed by atoms with E-state index < -0.39 is 0 Å². The average Bonchev–Trinajstić information content (AvgIpc) is 3.64. The minimum atomic E-state index is -0.0466. The van der Waals surface area contributed by atoms with Crippen LogP contribution in [0.25, 0.3) is 11.4 Å². The molecular weight excluding hydrogens is 446 g/mol. The van der Waals surface area contributed by atoms with Gasteiger partial charge in [-0.1, -0.05) is 11.2 Å². The number of carbonyl (C=O) groups is 1. The second kappa shape index (κ2) is 9.92. The number of hydrogen-bond donors (Lipinski definition) is 3. The minimum absolute atomic E-state index is 0.0367. The standard InChI is InChI=1S/C24H27N9O2/c1-15-12-22(31-30-15)28-21-13-16(8-9-23(34)25-2)27-24(29-21)33-11-5-7-19(33)20-14-18(32-35-20)17-6-3-4-10-26-17/h3-4,6,10,12-14,19H,5,7-9,11H2,1-2H3,(H,25,34)(H2,27,28,29,30,31)/t19-/m0/s1. The van der Waals surface area contributed by atoms with E-state index >= 15 is 0 Å². The Kier molecular flexibility index (Phi) is 6.38. The zero-order chi connectivity index (χ0) is 24.2. The number of nitrogens with zero attached hydrogens (tertiary/aromatic N) is 6. The molecule has 1 aliphatic rings. The molecule has 1 fully saturated rings. The van der Waals surface area contributed by atoms with Crippen molar-refractivity contribution in [1.82, 2.24) is 35.6 Å². The van der Waals surface area contributed by atoms with Gasteiger partial charge in [-0.05, 0) is 38.3 Å². The Labute approximate surface area is 202 Å². The Morgan fingerprint density at radius 2 is 2.11 bits per heavy atom. The molecule has 0 saturated carbocycles. The monoisotopic (exact) mass is 473 g/mol. The molecule has 4 aromatic heterocycles. The third-order valence-corrected chi connectivity index (χ3v) is 5.91. The molecule has 1 atom stereocenters. The van der Waals surface area contributed by atoms with Crippen molar-refractivity contribution in [1.29, 1.82) is 0 Å². The number of rotatable bonds is 8. The number of carbonyl (C=O) groups excluding carboxylic acids is 1. The van der Waals surface area contributed by atoms with Crippen molar-refractivity contribution < 1.29 is 9.32 Å². The summed E-state index contributed by atoms with van der Waals surface area (Å²) >= 11 is 0. The van der Waals surface area contributed by atoms with E-state index in [4.69, 9.17) is 14.5 Å². The van der Waals surface area contributed by atoms with Crippen LogP contribution in [0.15, 0.2) is 47.1 Å². The maximum Gasteiger partial charge on any atom is 0.228 e. The number of hydrogen-bond acceptors (Lipinski definition) is 9. The summed E-state index contributed by atoms with van der Waals surface area (Å²) in [5, 5.41) is 17.3. The van der Waals surface area contributed by atoms with Crippen LogP contribution < -0.4 is 15.5 Å². The summed E-state index contributed by atoms with van der Waals surface area (Å²) in [6, 6.07) is 11.3. The van der Waals surface area contributed by atoms with E-state index in [2.05, 4.69) is 35.9 Å². The topological polar surface area (TPSA) is 138 Å². The molecule has 4 aromatic rings. The quantitative estimate of drug-likeness (QED) is 0.352. The molecule has 0 unspecified atom stereocenters. The van der Waals surface area contributed by atoms with E-state index in [1.165, 1.54) is 0 Å². The van der Waals surface area contributed by atoms with Gasteiger partial charge in [-0.25, -0.2) is 4.98 Å². The third kappa shape index (κ3) is 5.13. The summed E-state index contributed by atoms with van der Waals surface area (Å²) in [5.74, 6) is 2.57. The highest BCUT2D eigenvalue weighted by atomic mass is 16.5. The van der Waals surface area contributed by atoms with Gasteiger partial charge in [0.15, 0.2) is 11.6 Å². The number of pyridine rings is 1. The molecule has 180 valence electrons. The van der Waals surface area contributed by atoms with Crippen molar-refractivity contribution in [2.45, 2.75) is 38.6 Å². The fourth-order valence-corrected chi connectivity index (χ4v) is 4.17. The molecule has 0 bridgehead atoms. The van der Waals surface area contributed by atoms with Gasteiger partial charge in [-0.2, -0.15) is 10.1 Å². The van der Waals surface area contributed by atoms with Crippen LogP contribution in [0.5, 0.6) is 0 Å². The Morgan fingerprint density at radius 1 is 1.20 bits per heavy atom. The molecule has 0 aromatic carbocycles. The number of nitrogens with one attached hydrogen (secondary N) is 3. The number of aromatic amines is 1. The molecule has 5 rings (SSSR count). The van der Waals surface area contributed by atoms with Gasteiger partial charge in [-0.15, -0.1) is 0 Å². The largest absolute Gasteiger partial charge is 0.359 e. The molecule has 5 heterocycles. The lowest BCUT2D eigenvalue weighted by Gasteiger charge is -2.23. The summed E-state index contributed by atoms with van der Waals surface area (Å²) in [6.07, 6.45) is 4.43. The molecule has 1 aliphatic heterocycles. The fourth-order valence-electron chi connectivity index (χ4n) is 4.17. The molecule has 35 heavy (non-hydrogen) atoms. The molecule has 3 N–H and O–H groups in total. The lowest BCUT2D eigenvalue weighted by Crippen LogP contribution is -2.25. The Balaban J connectivity index is 1.44. The van der Waals surface area contributed by atoms with Gasteiger partial charge in [-0.3, -0.25) is 14.9 Å². The van der Waals surface area contributed by atoms with Gasteiger partial charge < -0.3 is 20.1 Å². The molecule has 1 amide bonds. The second-order valence-corrected chi connectivity index (χ2v) is 8.46. The van der Waals surface area contributed by atoms with Crippen molar-refractivity contribution in [3.8, 4) is 11.4 Å². The van der Waals surface area contributed by atoms with Crippen molar-refractivity contribution >= 4 is 23.5 Å². The van der Waals surface area contributed by atoms with Gasteiger partial charge in [0.2, 0.25) is 11.9 Å². The van der Waals surface area contributed by atoms with Crippen molar-refractivity contribution in [2.24, 2.45) is 0 Å². The molecule has 11 nitrogen and oxygen atoms in total. The zero-order valence-corrected chi connectivity index (χ0v) is 19.7. The molecule has 11 heteroatoms. The zero-order valence-electron chi connectivity index (χ0n) is 19.7. The molecular formula is C24H27N9O2. The highest BCUT2D eigenvalue weighted by Crippen LogP contribution is 2.36. The van der Waals surface area contributed by atoms with E-state index in [9.17, 15) is 4.79 Å². The van der Waals surface area contributed by atoms with E-state index in [0.717, 1.165) is 42.2 Å². The van der Waals surface area contributed by atoms with Gasteiger partial charge in [0.05, 0.1) is 11.7 Å². The van der Waals surface area contributed by atoms with Crippen molar-refractivity contribution in [2.75, 3.05) is 23.8 Å². The molecule has 0 radical (unpaired) electrons. The number of anilines is 3. The fraction of sp³-hybridized carbons (Fsp3) is 0.333. The normalized spacial score (nSPS) is 15.4. The Hall–Kier alpha value is -4.28. The van der Waals surface area contributed by atoms with E-state index in [-0.39, 0.29) is 11.9 Å². The van der Waals surface area contributed by atoms with Crippen LogP contribution in [0.1, 0.15) is 42.5 Å². The first-order valence-electron chi connectivity index (χ1n) is 11.6. The highest BCUT2D eigenvalue weighted by molar-refractivity contribution is 5.75. The minimum Gasteiger partial charge on any atom is -0.359 e. The Bertz CT molecular complexity index is 1300. The average molecular weight is 474 g/mol. The molecule has 0 spiro atoms. The SMILES string of the molecule is CNC(=O)CCc1cc(Nc2cc(C)[nH]n2)nc(N2CCC[C@H]2c2cc(-c3ccccn3)no2)n1. The van der Waals surface area contributed by atoms with E-state index in [1.54, 1.807) is 13.2 Å². The van der Waals surface area contributed by atoms with Crippen molar-refractivity contribution in [3.05, 3.63) is 59.7 Å². The summed E-state index contributed by atoms with van der Waals surface area (Å²) in [4.78, 5) is 27.9. The van der Waals surface area contributed by atoms with Crippen LogP contribution in [0.4, 0.5) is 17.6 Å². The first kappa shape index (κ1) is 22.5. The summed E-state index contributed by atoms with van der Waals surface area (Å²) < 4.78 is 5.74. The van der Waals surface area contributed by atoms with Gasteiger partial charge in [0, 0.05) is 55.8 Å². The van der Waals surface area contributed by atoms with Gasteiger partial charge in [0.1, 0.15) is 11.5 Å². The first-order chi connectivity index (χ1) is 17.1. The summed E-state index contributed by atoms with van der Waals surface area (Å²) in [5.41, 5.74) is 3.17. The summed E-state index contributed by atoms with van der Waals surface area (Å²) in [6.45, 7) is 2.72. The second-order valence-electron chi connectivity index (χ2n) is 8.46. The smallest absolute Gasteiger partial charge is 0.228 e. The lowest BCUT2D eigenvalue weighted by atomic mass is 10.1. The Morgan fingerprint density at radius 3 is 2.89 bits per heavy atom. The van der Waals surface area contributed by atoms with Crippen molar-refractivity contribution in [3.63, 3.8) is 0 Å². The number of aromatic nitrogens is 6. The predicted molar refractivity (Wildman–Crippen MR) is 130 cm³/mol. The molecule has 1 saturated heterocycles. The lowest BCUT2D eigenvalue weighted by molar-refractivity contribution is -0.120. The van der Waals surface area contributed by atoms with Crippen LogP contribution in [0, 0.1) is 6.92 Å². The maximum absolute atomic E-state index is 11.8. The first-order valence-corrected chi connectivity index (χ1v) is 11.6. The van der Waals surface area contributed by atoms with E-state index in [0.29, 0.717) is 36.1 Å². The number of H-pyrrole nitrogens is 1. The maximum atomic E-state index is 11.8. The van der Waals surface area contributed by atoms with Crippen LogP contribution >= 0.6 is 0 Å². The van der Waals surface area contributed by atoms with Crippen LogP contribution in [0.2, 0.25) is 0 Å². The molecule has 0 aliphatic carbocycles. The number of amides is 1. The van der Waals surface area contributed by atoms with Crippen LogP contribution in [-0.2, 0) is 11.2 Å². The number of aryl methyl sites for hydroxylation is 2. The van der Waals surface area contributed by atoms with Gasteiger partial charge in [0.25, 0.3) is 0 Å². The van der Waals surface area contributed by atoms with Crippen LogP contribution in [-0.4, -0.2) is 49.8 Å². The highest BCUT2D eigenvalue weighted by Gasteiger charge is 2.32. The predicted octanol–water partition coefficient (Wildman–Crippen LogP) is 3.32. The van der Waals surface area contributed by atoms with Crippen LogP contribution in [0.3, 0.4) is 0 Å². The van der Waals surface area contributed by atoms with Gasteiger partial charge >= 0.3 is 0 Å². The third-order valence-electron chi connectivity index (χ3n) is 5.91. The summed E-state index contributed by atoms with van der Waals surface area (Å²) in [7, 11) is 1.63.